The molecular weight excluding hydrogens is 335 g/mol. The maximum absolute atomic E-state index is 13.0. The Morgan fingerprint density at radius 1 is 1.32 bits per heavy atom. The molecule has 1 amide bonds. The van der Waals surface area contributed by atoms with Gasteiger partial charge in [0, 0.05) is 29.9 Å². The van der Waals surface area contributed by atoms with Gasteiger partial charge in [0.2, 0.25) is 5.91 Å². The molecule has 130 valence electrons. The minimum absolute atomic E-state index is 0.265. The lowest BCUT2D eigenvalue weighted by Gasteiger charge is -2.13. The normalized spacial score (nSPS) is 11.7. The van der Waals surface area contributed by atoms with Gasteiger partial charge in [-0.3, -0.25) is 4.79 Å². The first-order chi connectivity index (χ1) is 11.7. The van der Waals surface area contributed by atoms with E-state index in [1.165, 1.54) is 13.1 Å². The fraction of sp³-hybridized carbons (Fsp3) is 0.188. The van der Waals surface area contributed by atoms with Gasteiger partial charge in [0.1, 0.15) is 11.5 Å². The van der Waals surface area contributed by atoms with E-state index < -0.39 is 17.6 Å². The van der Waals surface area contributed by atoms with Gasteiger partial charge in [0.05, 0.1) is 11.8 Å². The molecule has 0 fully saturated rings. The number of nitrogen functional groups attached to an aromatic ring is 1. The molecule has 0 atom stereocenters. The summed E-state index contributed by atoms with van der Waals surface area (Å²) in [7, 11) is 0. The van der Waals surface area contributed by atoms with Crippen molar-refractivity contribution in [2.24, 2.45) is 0 Å². The minimum Gasteiger partial charge on any atom is -0.383 e. The van der Waals surface area contributed by atoms with E-state index in [4.69, 9.17) is 5.73 Å². The van der Waals surface area contributed by atoms with Crippen LogP contribution in [0.2, 0.25) is 0 Å². The molecule has 0 aliphatic carbocycles. The number of nitrogens with one attached hydrogen (secondary N) is 1. The first-order valence-corrected chi connectivity index (χ1v) is 7.26. The number of halogens is 3. The Bertz CT molecular complexity index is 978. The lowest BCUT2D eigenvalue weighted by Crippen LogP contribution is -2.10. The number of nitrogens with zero attached hydrogens (tertiary/aromatic N) is 3. The van der Waals surface area contributed by atoms with Gasteiger partial charge in [-0.2, -0.15) is 13.2 Å². The lowest BCUT2D eigenvalue weighted by atomic mass is 10.0. The van der Waals surface area contributed by atoms with Crippen molar-refractivity contribution in [3.63, 3.8) is 0 Å². The van der Waals surface area contributed by atoms with Crippen LogP contribution in [0.4, 0.5) is 24.8 Å². The topological polar surface area (TPSA) is 85.3 Å². The minimum atomic E-state index is -4.58. The molecule has 3 aromatic heterocycles. The Balaban J connectivity index is 2.13. The molecule has 3 rings (SSSR count). The molecular formula is C16H14F3N5O. The predicted molar refractivity (Wildman–Crippen MR) is 86.9 cm³/mol. The molecule has 9 heteroatoms. The SMILES string of the molecule is CC(=O)Nc1cn2c(C)c(-c3cnc(N)c(C(F)(F)F)c3)ccc2n1. The fourth-order valence-electron chi connectivity index (χ4n) is 2.58. The maximum Gasteiger partial charge on any atom is 0.419 e. The molecule has 25 heavy (non-hydrogen) atoms. The van der Waals surface area contributed by atoms with Gasteiger partial charge in [-0.25, -0.2) is 9.97 Å². The number of aromatic nitrogens is 3. The second-order valence-corrected chi connectivity index (χ2v) is 5.52. The summed E-state index contributed by atoms with van der Waals surface area (Å²) in [6.07, 6.45) is -1.69. The third-order valence-corrected chi connectivity index (χ3v) is 3.72. The zero-order valence-electron chi connectivity index (χ0n) is 13.3. The highest BCUT2D eigenvalue weighted by molar-refractivity contribution is 5.88. The maximum atomic E-state index is 13.0. The number of rotatable bonds is 2. The van der Waals surface area contributed by atoms with Gasteiger partial charge in [-0.1, -0.05) is 0 Å². The molecule has 3 heterocycles. The van der Waals surface area contributed by atoms with Crippen LogP contribution in [0.15, 0.2) is 30.6 Å². The number of carbonyl (C=O) groups excluding carboxylic acids is 1. The lowest BCUT2D eigenvalue weighted by molar-refractivity contribution is -0.137. The summed E-state index contributed by atoms with van der Waals surface area (Å²) in [5, 5.41) is 2.57. The number of amides is 1. The molecule has 0 saturated carbocycles. The third kappa shape index (κ3) is 3.12. The van der Waals surface area contributed by atoms with E-state index in [9.17, 15) is 18.0 Å². The van der Waals surface area contributed by atoms with Crippen molar-refractivity contribution < 1.29 is 18.0 Å². The van der Waals surface area contributed by atoms with Crippen LogP contribution in [-0.4, -0.2) is 20.3 Å². The van der Waals surface area contributed by atoms with Gasteiger partial charge < -0.3 is 15.5 Å². The molecule has 0 unspecified atom stereocenters. The first kappa shape index (κ1) is 16.7. The third-order valence-electron chi connectivity index (χ3n) is 3.72. The van der Waals surface area contributed by atoms with Crippen molar-refractivity contribution in [3.05, 3.63) is 41.9 Å². The predicted octanol–water partition coefficient (Wildman–Crippen LogP) is 3.26. The summed E-state index contributed by atoms with van der Waals surface area (Å²) in [6, 6.07) is 4.28. The summed E-state index contributed by atoms with van der Waals surface area (Å²) in [5.41, 5.74) is 6.42. The molecule has 0 aliphatic heterocycles. The number of fused-ring (bicyclic) bond motifs is 1. The van der Waals surface area contributed by atoms with Crippen LogP contribution >= 0.6 is 0 Å². The van der Waals surface area contributed by atoms with E-state index in [1.54, 1.807) is 29.7 Å². The highest BCUT2D eigenvalue weighted by Crippen LogP contribution is 2.35. The second-order valence-electron chi connectivity index (χ2n) is 5.52. The van der Waals surface area contributed by atoms with Crippen LogP contribution < -0.4 is 11.1 Å². The Morgan fingerprint density at radius 3 is 2.68 bits per heavy atom. The van der Waals surface area contributed by atoms with Crippen LogP contribution in [0, 0.1) is 6.92 Å². The van der Waals surface area contributed by atoms with Crippen LogP contribution in [0.3, 0.4) is 0 Å². The second kappa shape index (κ2) is 5.76. The zero-order valence-corrected chi connectivity index (χ0v) is 13.3. The van der Waals surface area contributed by atoms with Crippen molar-refractivity contribution in [1.29, 1.82) is 0 Å². The van der Waals surface area contributed by atoms with Crippen LogP contribution in [0.25, 0.3) is 16.8 Å². The van der Waals surface area contributed by atoms with Crippen molar-refractivity contribution >= 4 is 23.2 Å². The van der Waals surface area contributed by atoms with E-state index in [0.29, 0.717) is 22.7 Å². The Morgan fingerprint density at radius 2 is 2.04 bits per heavy atom. The number of alkyl halides is 3. The Hall–Kier alpha value is -3.10. The van der Waals surface area contributed by atoms with Crippen molar-refractivity contribution in [3.8, 4) is 11.1 Å². The number of pyridine rings is 2. The largest absolute Gasteiger partial charge is 0.419 e. The van der Waals surface area contributed by atoms with E-state index in [-0.39, 0.29) is 11.5 Å². The monoisotopic (exact) mass is 349 g/mol. The molecule has 0 radical (unpaired) electrons. The molecule has 3 aromatic rings. The van der Waals surface area contributed by atoms with Crippen molar-refractivity contribution in [1.82, 2.24) is 14.4 Å². The molecule has 0 spiro atoms. The highest BCUT2D eigenvalue weighted by atomic mass is 19.4. The van der Waals surface area contributed by atoms with Crippen molar-refractivity contribution in [2.75, 3.05) is 11.1 Å². The smallest absolute Gasteiger partial charge is 0.383 e. The molecule has 0 saturated heterocycles. The number of hydrogen-bond acceptors (Lipinski definition) is 4. The molecule has 6 nitrogen and oxygen atoms in total. The average molecular weight is 349 g/mol. The van der Waals surface area contributed by atoms with Gasteiger partial charge in [-0.05, 0) is 25.1 Å². The van der Waals surface area contributed by atoms with Gasteiger partial charge in [-0.15, -0.1) is 0 Å². The van der Waals surface area contributed by atoms with E-state index in [1.807, 2.05) is 0 Å². The molecule has 0 aromatic carbocycles. The van der Waals surface area contributed by atoms with Crippen LogP contribution in [-0.2, 0) is 11.0 Å². The van der Waals surface area contributed by atoms with Crippen LogP contribution in [0.1, 0.15) is 18.2 Å². The summed E-state index contributed by atoms with van der Waals surface area (Å²) < 4.78 is 40.8. The Kier molecular flexibility index (Phi) is 3.86. The number of hydrogen-bond donors (Lipinski definition) is 2. The number of imidazole rings is 1. The zero-order chi connectivity index (χ0) is 18.4. The molecule has 0 aliphatic rings. The summed E-state index contributed by atoms with van der Waals surface area (Å²) >= 11 is 0. The van der Waals surface area contributed by atoms with E-state index in [2.05, 4.69) is 15.3 Å². The van der Waals surface area contributed by atoms with Gasteiger partial charge in [0.25, 0.3) is 0 Å². The van der Waals surface area contributed by atoms with E-state index in [0.717, 1.165) is 6.07 Å². The number of nitrogens with two attached hydrogens (primary N) is 1. The van der Waals surface area contributed by atoms with Gasteiger partial charge in [0.15, 0.2) is 5.82 Å². The van der Waals surface area contributed by atoms with Crippen LogP contribution in [0.5, 0.6) is 0 Å². The average Bonchev–Trinajstić information content (AvgIpc) is 2.90. The number of carbonyl (C=O) groups is 1. The summed E-state index contributed by atoms with van der Waals surface area (Å²) in [5.74, 6) is -0.469. The molecule has 0 bridgehead atoms. The standard InChI is InChI=1S/C16H14F3N5O/c1-8-11(10-5-12(16(17,18)19)15(20)21-6-10)3-4-14-23-13(7-24(8)14)22-9(2)25/h3-7H,1-2H3,(H2,20,21)(H,22,25). The quantitative estimate of drug-likeness (QED) is 0.744. The fourth-order valence-corrected chi connectivity index (χ4v) is 2.58. The van der Waals surface area contributed by atoms with Crippen molar-refractivity contribution in [2.45, 2.75) is 20.0 Å². The number of anilines is 2. The summed E-state index contributed by atoms with van der Waals surface area (Å²) in [4.78, 5) is 19.0. The highest BCUT2D eigenvalue weighted by Gasteiger charge is 2.34. The first-order valence-electron chi connectivity index (χ1n) is 7.26. The molecule has 3 N–H and O–H groups in total. The Labute approximate surface area is 140 Å². The number of aryl methyl sites for hydroxylation is 1. The van der Waals surface area contributed by atoms with Gasteiger partial charge >= 0.3 is 6.18 Å². The summed E-state index contributed by atoms with van der Waals surface area (Å²) in [6.45, 7) is 3.10. The van der Waals surface area contributed by atoms with E-state index >= 15 is 0 Å².